The number of carbonyl (C=O) groups is 1. The number of hydrogen-bond acceptors (Lipinski definition) is 1. The molecule has 2 aromatic carbocycles. The van der Waals surface area contributed by atoms with E-state index in [9.17, 15) is 4.79 Å². The molecule has 1 amide bonds. The largest absolute Gasteiger partial charge is 0.370 e. The summed E-state index contributed by atoms with van der Waals surface area (Å²) in [6.07, 6.45) is 1.12. The smallest absolute Gasteiger partial charge is 0.217 e. The van der Waals surface area contributed by atoms with Gasteiger partial charge in [-0.1, -0.05) is 62.4 Å². The Morgan fingerprint density at radius 2 is 1.45 bits per heavy atom. The average Bonchev–Trinajstić information content (AvgIpc) is 2.46. The van der Waals surface area contributed by atoms with E-state index in [2.05, 4.69) is 62.4 Å². The molecule has 0 aliphatic carbocycles. The summed E-state index contributed by atoms with van der Waals surface area (Å²) in [6.45, 7) is 4.39. The summed E-state index contributed by atoms with van der Waals surface area (Å²) < 4.78 is 0. The number of aryl methyl sites for hydroxylation is 1. The number of carbonyl (C=O) groups excluding carboxylic acids is 1. The Labute approximate surface area is 120 Å². The van der Waals surface area contributed by atoms with Gasteiger partial charge in [0.1, 0.15) is 0 Å². The maximum absolute atomic E-state index is 10.8. The fourth-order valence-corrected chi connectivity index (χ4v) is 2.19. The van der Waals surface area contributed by atoms with Gasteiger partial charge in [-0.3, -0.25) is 4.79 Å². The highest BCUT2D eigenvalue weighted by Gasteiger charge is 2.02. The molecule has 0 bridgehead atoms. The second-order valence-electron chi connectivity index (χ2n) is 5.44. The van der Waals surface area contributed by atoms with Crippen molar-refractivity contribution < 1.29 is 4.79 Å². The maximum Gasteiger partial charge on any atom is 0.217 e. The van der Waals surface area contributed by atoms with E-state index >= 15 is 0 Å². The van der Waals surface area contributed by atoms with Gasteiger partial charge in [0.25, 0.3) is 0 Å². The van der Waals surface area contributed by atoms with Gasteiger partial charge in [0.05, 0.1) is 0 Å². The third kappa shape index (κ3) is 3.70. The number of nitrogens with two attached hydrogens (primary N) is 1. The number of primary amides is 1. The summed E-state index contributed by atoms with van der Waals surface area (Å²) in [6, 6.07) is 17.0. The fraction of sp³-hybridized carbons (Fsp3) is 0.278. The summed E-state index contributed by atoms with van der Waals surface area (Å²) >= 11 is 0. The minimum atomic E-state index is -0.252. The topological polar surface area (TPSA) is 43.1 Å². The van der Waals surface area contributed by atoms with E-state index in [-0.39, 0.29) is 5.91 Å². The molecule has 0 aliphatic heterocycles. The first-order valence-electron chi connectivity index (χ1n) is 7.04. The monoisotopic (exact) mass is 267 g/mol. The van der Waals surface area contributed by atoms with Gasteiger partial charge >= 0.3 is 0 Å². The van der Waals surface area contributed by atoms with Gasteiger partial charge in [-0.05, 0) is 34.6 Å². The molecule has 0 unspecified atom stereocenters. The van der Waals surface area contributed by atoms with Crippen molar-refractivity contribution in [3.63, 3.8) is 0 Å². The Kier molecular flexibility index (Phi) is 4.57. The number of amides is 1. The van der Waals surface area contributed by atoms with Crippen LogP contribution in [0, 0.1) is 0 Å². The van der Waals surface area contributed by atoms with E-state index < -0.39 is 0 Å². The molecule has 104 valence electrons. The van der Waals surface area contributed by atoms with E-state index in [4.69, 9.17) is 5.73 Å². The third-order valence-electron chi connectivity index (χ3n) is 3.52. The SMILES string of the molecule is CC(C)c1ccc(-c2ccc(CCC(N)=O)cc2)cc1. The van der Waals surface area contributed by atoms with Crippen LogP contribution in [0.1, 0.15) is 37.3 Å². The van der Waals surface area contributed by atoms with E-state index in [1.807, 2.05) is 0 Å². The molecule has 0 aliphatic rings. The zero-order valence-electron chi connectivity index (χ0n) is 12.1. The molecule has 20 heavy (non-hydrogen) atoms. The summed E-state index contributed by atoms with van der Waals surface area (Å²) in [5, 5.41) is 0. The zero-order chi connectivity index (χ0) is 14.5. The van der Waals surface area contributed by atoms with Crippen LogP contribution >= 0.6 is 0 Å². The van der Waals surface area contributed by atoms with Crippen LogP contribution in [0.15, 0.2) is 48.5 Å². The average molecular weight is 267 g/mol. The van der Waals surface area contributed by atoms with Crippen molar-refractivity contribution in [3.05, 3.63) is 59.7 Å². The van der Waals surface area contributed by atoms with Crippen LogP contribution in [-0.4, -0.2) is 5.91 Å². The summed E-state index contributed by atoms with van der Waals surface area (Å²) in [7, 11) is 0. The predicted molar refractivity (Wildman–Crippen MR) is 83.5 cm³/mol. The van der Waals surface area contributed by atoms with E-state index in [1.165, 1.54) is 16.7 Å². The lowest BCUT2D eigenvalue weighted by molar-refractivity contribution is -0.117. The summed E-state index contributed by atoms with van der Waals surface area (Å²) in [5.41, 5.74) is 10.1. The first-order chi connectivity index (χ1) is 9.56. The highest BCUT2D eigenvalue weighted by Crippen LogP contribution is 2.23. The van der Waals surface area contributed by atoms with Crippen molar-refractivity contribution in [2.75, 3.05) is 0 Å². The standard InChI is InChI=1S/C18H21NO/c1-13(2)15-8-10-17(11-9-15)16-6-3-14(4-7-16)5-12-18(19)20/h3-4,6-11,13H,5,12H2,1-2H3,(H2,19,20). The van der Waals surface area contributed by atoms with Crippen molar-refractivity contribution >= 4 is 5.91 Å². The van der Waals surface area contributed by atoms with Gasteiger partial charge in [0.2, 0.25) is 5.91 Å². The molecule has 2 N–H and O–H groups in total. The lowest BCUT2D eigenvalue weighted by Crippen LogP contribution is -2.11. The normalized spacial score (nSPS) is 10.8. The van der Waals surface area contributed by atoms with Crippen molar-refractivity contribution in [3.8, 4) is 11.1 Å². The minimum Gasteiger partial charge on any atom is -0.370 e. The highest BCUT2D eigenvalue weighted by atomic mass is 16.1. The number of benzene rings is 2. The molecule has 2 nitrogen and oxygen atoms in total. The highest BCUT2D eigenvalue weighted by molar-refractivity contribution is 5.74. The lowest BCUT2D eigenvalue weighted by Gasteiger charge is -2.08. The fourth-order valence-electron chi connectivity index (χ4n) is 2.19. The predicted octanol–water partition coefficient (Wildman–Crippen LogP) is 3.89. The van der Waals surface area contributed by atoms with Crippen LogP contribution in [0.3, 0.4) is 0 Å². The first-order valence-corrected chi connectivity index (χ1v) is 7.04. The Balaban J connectivity index is 2.11. The van der Waals surface area contributed by atoms with Crippen LogP contribution in [0.25, 0.3) is 11.1 Å². The molecule has 0 fully saturated rings. The van der Waals surface area contributed by atoms with Crippen LogP contribution in [0.5, 0.6) is 0 Å². The Bertz CT molecular complexity index is 567. The maximum atomic E-state index is 10.8. The van der Waals surface area contributed by atoms with Crippen LogP contribution in [0.2, 0.25) is 0 Å². The molecular weight excluding hydrogens is 246 g/mol. The van der Waals surface area contributed by atoms with Crippen LogP contribution in [-0.2, 0) is 11.2 Å². The summed E-state index contributed by atoms with van der Waals surface area (Å²) in [4.78, 5) is 10.8. The van der Waals surface area contributed by atoms with Gasteiger partial charge in [-0.15, -0.1) is 0 Å². The van der Waals surface area contributed by atoms with Gasteiger partial charge in [-0.25, -0.2) is 0 Å². The minimum absolute atomic E-state index is 0.252. The molecule has 2 aromatic rings. The molecule has 0 saturated heterocycles. The van der Waals surface area contributed by atoms with Crippen LogP contribution in [0.4, 0.5) is 0 Å². The van der Waals surface area contributed by atoms with Gasteiger partial charge in [-0.2, -0.15) is 0 Å². The Hall–Kier alpha value is -2.09. The third-order valence-corrected chi connectivity index (χ3v) is 3.52. The number of rotatable bonds is 5. The van der Waals surface area contributed by atoms with E-state index in [0.29, 0.717) is 18.8 Å². The molecule has 0 atom stereocenters. The summed E-state index contributed by atoms with van der Waals surface area (Å²) in [5.74, 6) is 0.304. The van der Waals surface area contributed by atoms with E-state index in [0.717, 1.165) is 5.56 Å². The van der Waals surface area contributed by atoms with Crippen molar-refractivity contribution in [2.45, 2.75) is 32.6 Å². The molecule has 0 radical (unpaired) electrons. The Morgan fingerprint density at radius 1 is 0.950 bits per heavy atom. The molecule has 0 saturated carbocycles. The molecular formula is C18H21NO. The quantitative estimate of drug-likeness (QED) is 0.877. The van der Waals surface area contributed by atoms with E-state index in [1.54, 1.807) is 0 Å². The second-order valence-corrected chi connectivity index (χ2v) is 5.44. The first kappa shape index (κ1) is 14.3. The lowest BCUT2D eigenvalue weighted by atomic mass is 9.98. The van der Waals surface area contributed by atoms with Gasteiger partial charge in [0, 0.05) is 6.42 Å². The van der Waals surface area contributed by atoms with Crippen molar-refractivity contribution in [2.24, 2.45) is 5.73 Å². The molecule has 2 heteroatoms. The molecule has 0 spiro atoms. The zero-order valence-corrected chi connectivity index (χ0v) is 12.1. The molecule has 2 rings (SSSR count). The van der Waals surface area contributed by atoms with Crippen LogP contribution < -0.4 is 5.73 Å². The second kappa shape index (κ2) is 6.38. The van der Waals surface area contributed by atoms with Gasteiger partial charge in [0.15, 0.2) is 0 Å². The van der Waals surface area contributed by atoms with Gasteiger partial charge < -0.3 is 5.73 Å². The molecule has 0 heterocycles. The number of hydrogen-bond donors (Lipinski definition) is 1. The van der Waals surface area contributed by atoms with Crippen molar-refractivity contribution in [1.82, 2.24) is 0 Å². The molecule has 0 aromatic heterocycles. The van der Waals surface area contributed by atoms with Crippen molar-refractivity contribution in [1.29, 1.82) is 0 Å². The Morgan fingerprint density at radius 3 is 1.90 bits per heavy atom.